The van der Waals surface area contributed by atoms with Gasteiger partial charge in [-0.1, -0.05) is 20.8 Å². The predicted molar refractivity (Wildman–Crippen MR) is 108 cm³/mol. The van der Waals surface area contributed by atoms with Crippen LogP contribution >= 0.6 is 0 Å². The first-order valence-corrected chi connectivity index (χ1v) is 9.61. The Balaban J connectivity index is 2.89. The minimum absolute atomic E-state index is 0.187. The Hall–Kier alpha value is -2.36. The van der Waals surface area contributed by atoms with Gasteiger partial charge < -0.3 is 31.3 Å². The minimum Gasteiger partial charge on any atom is -0.444 e. The Labute approximate surface area is 172 Å². The number of nitrogens with two attached hydrogens (primary N) is 2. The first-order chi connectivity index (χ1) is 13.0. The topological polar surface area (TPSA) is 148 Å². The Morgan fingerprint density at radius 1 is 1.17 bits per heavy atom. The Morgan fingerprint density at radius 2 is 1.72 bits per heavy atom. The lowest BCUT2D eigenvalue weighted by Crippen LogP contribution is -2.58. The van der Waals surface area contributed by atoms with Crippen LogP contribution in [0.1, 0.15) is 48.0 Å². The minimum atomic E-state index is -0.922. The van der Waals surface area contributed by atoms with Crippen LogP contribution in [0.5, 0.6) is 0 Å². The van der Waals surface area contributed by atoms with E-state index in [1.54, 1.807) is 41.5 Å². The number of hydrogen-bond acceptors (Lipinski definition) is 6. The molecule has 0 bridgehead atoms. The van der Waals surface area contributed by atoms with Crippen LogP contribution in [0.3, 0.4) is 0 Å². The molecule has 1 aliphatic heterocycles. The maximum absolute atomic E-state index is 13.1. The molecule has 4 amide bonds. The van der Waals surface area contributed by atoms with Crippen molar-refractivity contribution in [2.45, 2.75) is 71.7 Å². The van der Waals surface area contributed by atoms with Crippen LogP contribution in [0.25, 0.3) is 0 Å². The van der Waals surface area contributed by atoms with E-state index >= 15 is 0 Å². The summed E-state index contributed by atoms with van der Waals surface area (Å²) in [7, 11) is 1.43. The van der Waals surface area contributed by atoms with E-state index in [2.05, 4.69) is 5.32 Å². The molecule has 0 aromatic carbocycles. The number of primary amides is 1. The van der Waals surface area contributed by atoms with Crippen molar-refractivity contribution in [3.8, 4) is 0 Å². The summed E-state index contributed by atoms with van der Waals surface area (Å²) in [5.41, 5.74) is 9.98. The van der Waals surface area contributed by atoms with Crippen molar-refractivity contribution in [3.05, 3.63) is 0 Å². The summed E-state index contributed by atoms with van der Waals surface area (Å²) in [5.74, 6) is -1.58. The van der Waals surface area contributed by atoms with Gasteiger partial charge in [0.05, 0.1) is 0 Å². The van der Waals surface area contributed by atoms with E-state index in [0.717, 1.165) is 4.90 Å². The monoisotopic (exact) mass is 413 g/mol. The SMILES string of the molecule is CN(CC(=O)N[C@H](C(=O)N1C[C@@H](N)C[C@H]1C(N)=O)C(C)(C)C)C(=O)OC(C)(C)C. The van der Waals surface area contributed by atoms with Gasteiger partial charge in [-0.15, -0.1) is 0 Å². The quantitative estimate of drug-likeness (QED) is 0.568. The molecule has 5 N–H and O–H groups in total. The zero-order chi connectivity index (χ0) is 22.7. The average molecular weight is 414 g/mol. The van der Waals surface area contributed by atoms with E-state index < -0.39 is 46.9 Å². The summed E-state index contributed by atoms with van der Waals surface area (Å²) < 4.78 is 5.22. The van der Waals surface area contributed by atoms with Crippen LogP contribution in [0.2, 0.25) is 0 Å². The summed E-state index contributed by atoms with van der Waals surface area (Å²) in [4.78, 5) is 51.9. The number of ether oxygens (including phenoxy) is 1. The highest BCUT2D eigenvalue weighted by atomic mass is 16.6. The van der Waals surface area contributed by atoms with Gasteiger partial charge in [-0.25, -0.2) is 4.79 Å². The molecular weight excluding hydrogens is 378 g/mol. The van der Waals surface area contributed by atoms with E-state index in [4.69, 9.17) is 16.2 Å². The molecule has 1 fully saturated rings. The number of likely N-dealkylation sites (tertiary alicyclic amines) is 1. The van der Waals surface area contributed by atoms with E-state index in [1.807, 2.05) is 0 Å². The number of nitrogens with zero attached hydrogens (tertiary/aromatic N) is 2. The zero-order valence-corrected chi connectivity index (χ0v) is 18.4. The summed E-state index contributed by atoms with van der Waals surface area (Å²) in [5, 5.41) is 2.68. The van der Waals surface area contributed by atoms with E-state index in [-0.39, 0.29) is 25.6 Å². The molecule has 10 nitrogen and oxygen atoms in total. The van der Waals surface area contributed by atoms with Crippen molar-refractivity contribution in [2.75, 3.05) is 20.1 Å². The van der Waals surface area contributed by atoms with Crippen molar-refractivity contribution < 1.29 is 23.9 Å². The smallest absolute Gasteiger partial charge is 0.410 e. The second-order valence-electron chi connectivity index (χ2n) is 9.61. The molecule has 10 heteroatoms. The summed E-state index contributed by atoms with van der Waals surface area (Å²) in [6.45, 7) is 10.5. The average Bonchev–Trinajstić information content (AvgIpc) is 2.91. The van der Waals surface area contributed by atoms with Gasteiger partial charge >= 0.3 is 6.09 Å². The van der Waals surface area contributed by atoms with Crippen LogP contribution in [-0.4, -0.2) is 77.5 Å². The number of nitrogens with one attached hydrogen (secondary N) is 1. The second kappa shape index (κ2) is 8.98. The molecular formula is C19H35N5O5. The number of amides is 4. The fourth-order valence-corrected chi connectivity index (χ4v) is 3.02. The van der Waals surface area contributed by atoms with Gasteiger partial charge in [-0.2, -0.15) is 0 Å². The number of hydrogen-bond donors (Lipinski definition) is 3. The van der Waals surface area contributed by atoms with Crippen LogP contribution in [-0.2, 0) is 19.1 Å². The molecule has 0 radical (unpaired) electrons. The standard InChI is InChI=1S/C19H35N5O5/c1-18(2,3)14(16(27)24-9-11(20)8-12(24)15(21)26)22-13(25)10-23(7)17(28)29-19(4,5)6/h11-12,14H,8-10,20H2,1-7H3,(H2,21,26)(H,22,25)/t11-,12-,14+/m0/s1. The maximum atomic E-state index is 13.1. The van der Waals surface area contributed by atoms with Gasteiger partial charge in [0.25, 0.3) is 0 Å². The van der Waals surface area contributed by atoms with Crippen LogP contribution in [0.15, 0.2) is 0 Å². The largest absolute Gasteiger partial charge is 0.444 e. The number of carbonyl (C=O) groups excluding carboxylic acids is 4. The molecule has 0 aromatic heterocycles. The zero-order valence-electron chi connectivity index (χ0n) is 18.4. The second-order valence-corrected chi connectivity index (χ2v) is 9.61. The molecule has 1 aliphatic rings. The van der Waals surface area contributed by atoms with Crippen molar-refractivity contribution in [1.82, 2.24) is 15.1 Å². The molecule has 29 heavy (non-hydrogen) atoms. The Kier molecular flexibility index (Phi) is 7.64. The predicted octanol–water partition coefficient (Wildman–Crippen LogP) is -0.202. The molecule has 0 saturated carbocycles. The normalized spacial score (nSPS) is 20.8. The third-order valence-corrected chi connectivity index (χ3v) is 4.45. The molecule has 0 aromatic rings. The molecule has 0 spiro atoms. The van der Waals surface area contributed by atoms with Crippen molar-refractivity contribution in [1.29, 1.82) is 0 Å². The van der Waals surface area contributed by atoms with Crippen LogP contribution in [0, 0.1) is 5.41 Å². The lowest BCUT2D eigenvalue weighted by Gasteiger charge is -2.35. The van der Waals surface area contributed by atoms with Gasteiger partial charge in [0, 0.05) is 19.6 Å². The van der Waals surface area contributed by atoms with E-state index in [9.17, 15) is 19.2 Å². The Morgan fingerprint density at radius 3 is 2.17 bits per heavy atom. The van der Waals surface area contributed by atoms with Crippen molar-refractivity contribution in [2.24, 2.45) is 16.9 Å². The van der Waals surface area contributed by atoms with Crippen molar-refractivity contribution >= 4 is 23.8 Å². The Bertz CT molecular complexity index is 652. The molecule has 0 unspecified atom stereocenters. The fraction of sp³-hybridized carbons (Fsp3) is 0.789. The molecule has 166 valence electrons. The third kappa shape index (κ3) is 7.19. The van der Waals surface area contributed by atoms with E-state index in [0.29, 0.717) is 0 Å². The summed E-state index contributed by atoms with van der Waals surface area (Å²) in [6, 6.07) is -2.08. The van der Waals surface area contributed by atoms with Crippen LogP contribution < -0.4 is 16.8 Å². The highest BCUT2D eigenvalue weighted by molar-refractivity contribution is 5.93. The molecule has 1 rings (SSSR count). The summed E-state index contributed by atoms with van der Waals surface area (Å²) in [6.07, 6.45) is -0.363. The van der Waals surface area contributed by atoms with Gasteiger partial charge in [0.15, 0.2) is 0 Å². The number of likely N-dealkylation sites (N-methyl/N-ethyl adjacent to an activating group) is 1. The van der Waals surface area contributed by atoms with Gasteiger partial charge in [-0.05, 0) is 32.6 Å². The molecule has 0 aliphatic carbocycles. The lowest BCUT2D eigenvalue weighted by molar-refractivity contribution is -0.143. The van der Waals surface area contributed by atoms with E-state index in [1.165, 1.54) is 11.9 Å². The number of carbonyl (C=O) groups is 4. The van der Waals surface area contributed by atoms with Crippen LogP contribution in [0.4, 0.5) is 4.79 Å². The number of rotatable bonds is 5. The molecule has 3 atom stereocenters. The molecule has 1 heterocycles. The van der Waals surface area contributed by atoms with Crippen molar-refractivity contribution in [3.63, 3.8) is 0 Å². The lowest BCUT2D eigenvalue weighted by atomic mass is 9.85. The van der Waals surface area contributed by atoms with Gasteiger partial charge in [0.1, 0.15) is 24.2 Å². The third-order valence-electron chi connectivity index (χ3n) is 4.45. The molecule has 1 saturated heterocycles. The van der Waals surface area contributed by atoms with Gasteiger partial charge in [-0.3, -0.25) is 14.4 Å². The fourth-order valence-electron chi connectivity index (χ4n) is 3.02. The van der Waals surface area contributed by atoms with Gasteiger partial charge in [0.2, 0.25) is 17.7 Å². The first-order valence-electron chi connectivity index (χ1n) is 9.61. The summed E-state index contributed by atoms with van der Waals surface area (Å²) >= 11 is 0. The maximum Gasteiger partial charge on any atom is 0.410 e. The highest BCUT2D eigenvalue weighted by Gasteiger charge is 2.43. The highest BCUT2D eigenvalue weighted by Crippen LogP contribution is 2.25. The first kappa shape index (κ1) is 24.7.